The van der Waals surface area contributed by atoms with Crippen LogP contribution in [0.4, 0.5) is 0 Å². The average Bonchev–Trinajstić information content (AvgIpc) is 2.14. The van der Waals surface area contributed by atoms with E-state index in [4.69, 9.17) is 5.11 Å². The summed E-state index contributed by atoms with van der Waals surface area (Å²) in [6.45, 7) is 3.43. The van der Waals surface area contributed by atoms with Gasteiger partial charge in [0.05, 0.1) is 6.33 Å². The van der Waals surface area contributed by atoms with Crippen molar-refractivity contribution in [1.29, 1.82) is 0 Å². The zero-order chi connectivity index (χ0) is 5.98. The molecule has 0 fully saturated rings. The second-order valence-electron chi connectivity index (χ2n) is 1.34. The lowest BCUT2D eigenvalue weighted by atomic mass is 10.5. The van der Waals surface area contributed by atoms with Crippen LogP contribution in [0.5, 0.6) is 5.88 Å². The molecule has 2 N–H and O–H groups in total. The van der Waals surface area contributed by atoms with Crippen LogP contribution < -0.4 is 0 Å². The van der Waals surface area contributed by atoms with E-state index in [9.17, 15) is 0 Å². The van der Waals surface area contributed by atoms with E-state index in [0.717, 1.165) is 0 Å². The minimum Gasteiger partial charge on any atom is -0.492 e. The lowest BCUT2D eigenvalue weighted by Gasteiger charge is -1.81. The predicted octanol–water partition coefficient (Wildman–Crippen LogP) is 0.758. The van der Waals surface area contributed by atoms with Gasteiger partial charge in [-0.2, -0.15) is 0 Å². The Labute approximate surface area is 46.7 Å². The number of imidazole rings is 1. The highest BCUT2D eigenvalue weighted by Gasteiger charge is 1.94. The van der Waals surface area contributed by atoms with E-state index in [1.54, 1.807) is 0 Å². The van der Waals surface area contributed by atoms with Crippen LogP contribution in [0.3, 0.4) is 0 Å². The summed E-state index contributed by atoms with van der Waals surface area (Å²) in [6, 6.07) is 0. The van der Waals surface area contributed by atoms with Crippen molar-refractivity contribution in [1.82, 2.24) is 9.97 Å². The molecule has 0 saturated heterocycles. The first-order chi connectivity index (χ1) is 3.84. The first-order valence-electron chi connectivity index (χ1n) is 2.19. The lowest BCUT2D eigenvalue weighted by molar-refractivity contribution is 0.455. The third-order valence-electron chi connectivity index (χ3n) is 0.852. The Bertz CT molecular complexity index is 192. The first kappa shape index (κ1) is 4.90. The Balaban J connectivity index is 3.09. The highest BCUT2D eigenvalue weighted by atomic mass is 16.3. The maximum Gasteiger partial charge on any atom is 0.236 e. The third-order valence-corrected chi connectivity index (χ3v) is 0.852. The molecule has 3 nitrogen and oxygen atoms in total. The second-order valence-corrected chi connectivity index (χ2v) is 1.34. The fourth-order valence-corrected chi connectivity index (χ4v) is 0.447. The average molecular weight is 110 g/mol. The molecule has 0 aliphatic carbocycles. The van der Waals surface area contributed by atoms with Crippen LogP contribution in [0.25, 0.3) is 6.08 Å². The minimum absolute atomic E-state index is 0.000000000000000222. The van der Waals surface area contributed by atoms with Crippen molar-refractivity contribution in [2.24, 2.45) is 0 Å². The maximum atomic E-state index is 8.74. The molecule has 0 bridgehead atoms. The van der Waals surface area contributed by atoms with Crippen LogP contribution >= 0.6 is 0 Å². The van der Waals surface area contributed by atoms with E-state index in [2.05, 4.69) is 16.5 Å². The molecule has 0 spiro atoms. The number of aromatic nitrogens is 2. The van der Waals surface area contributed by atoms with E-state index in [1.165, 1.54) is 12.4 Å². The van der Waals surface area contributed by atoms with Gasteiger partial charge < -0.3 is 10.1 Å². The number of hydrogen-bond acceptors (Lipinski definition) is 2. The summed E-state index contributed by atoms with van der Waals surface area (Å²) in [5, 5.41) is 8.74. The van der Waals surface area contributed by atoms with Crippen molar-refractivity contribution in [3.63, 3.8) is 0 Å². The molecule has 0 unspecified atom stereocenters. The number of aromatic amines is 1. The number of nitrogens with zero attached hydrogens (tertiary/aromatic N) is 1. The number of nitrogens with one attached hydrogen (secondary N) is 1. The molecule has 0 aliphatic heterocycles. The number of hydrogen-bond donors (Lipinski definition) is 2. The summed E-state index contributed by atoms with van der Waals surface area (Å²) in [5.74, 6) is 0.000000000000000222. The molecule has 3 heteroatoms. The molecule has 0 aromatic carbocycles. The van der Waals surface area contributed by atoms with Crippen molar-refractivity contribution in [3.05, 3.63) is 18.6 Å². The standard InChI is InChI=1S/C5H6N2O/c1-2-4-5(8)7-3-6-4/h2-3,8H,1H2,(H,6,7). The monoisotopic (exact) mass is 110 g/mol. The van der Waals surface area contributed by atoms with Crippen LogP contribution in [-0.4, -0.2) is 15.1 Å². The molecule has 1 rings (SSSR count). The molecule has 8 heavy (non-hydrogen) atoms. The van der Waals surface area contributed by atoms with Crippen molar-refractivity contribution < 1.29 is 5.11 Å². The van der Waals surface area contributed by atoms with Gasteiger partial charge in [0.2, 0.25) is 5.88 Å². The largest absolute Gasteiger partial charge is 0.492 e. The normalized spacial score (nSPS) is 9.00. The minimum atomic E-state index is 0.000000000000000222. The Morgan fingerprint density at radius 2 is 2.62 bits per heavy atom. The molecule has 0 amide bonds. The third kappa shape index (κ3) is 0.578. The van der Waals surface area contributed by atoms with Crippen molar-refractivity contribution in [2.75, 3.05) is 0 Å². The predicted molar refractivity (Wildman–Crippen MR) is 30.3 cm³/mol. The zero-order valence-corrected chi connectivity index (χ0v) is 4.26. The number of rotatable bonds is 1. The molecule has 0 saturated carbocycles. The van der Waals surface area contributed by atoms with Gasteiger partial charge >= 0.3 is 0 Å². The van der Waals surface area contributed by atoms with E-state index in [0.29, 0.717) is 5.69 Å². The summed E-state index contributed by atoms with van der Waals surface area (Å²) in [4.78, 5) is 6.19. The molecule has 1 heterocycles. The summed E-state index contributed by atoms with van der Waals surface area (Å²) in [5.41, 5.74) is 0.560. The highest BCUT2D eigenvalue weighted by Crippen LogP contribution is 2.09. The molecular weight excluding hydrogens is 104 g/mol. The lowest BCUT2D eigenvalue weighted by Crippen LogP contribution is -1.66. The van der Waals surface area contributed by atoms with Gasteiger partial charge in [0.15, 0.2) is 0 Å². The van der Waals surface area contributed by atoms with Gasteiger partial charge in [-0.25, -0.2) is 4.98 Å². The highest BCUT2D eigenvalue weighted by molar-refractivity contribution is 5.46. The molecular formula is C5H6N2O. The number of H-pyrrole nitrogens is 1. The van der Waals surface area contributed by atoms with Gasteiger partial charge in [-0.15, -0.1) is 0 Å². The Kier molecular flexibility index (Phi) is 1.04. The van der Waals surface area contributed by atoms with Gasteiger partial charge in [-0.1, -0.05) is 6.58 Å². The quantitative estimate of drug-likeness (QED) is 0.560. The van der Waals surface area contributed by atoms with Gasteiger partial charge in [0.1, 0.15) is 5.69 Å². The molecule has 1 aromatic heterocycles. The summed E-state index contributed by atoms with van der Waals surface area (Å²) < 4.78 is 0. The summed E-state index contributed by atoms with van der Waals surface area (Å²) in [6.07, 6.45) is 2.91. The van der Waals surface area contributed by atoms with Crippen LogP contribution in [0.2, 0.25) is 0 Å². The Morgan fingerprint density at radius 1 is 1.88 bits per heavy atom. The fourth-order valence-electron chi connectivity index (χ4n) is 0.447. The maximum absolute atomic E-state index is 8.74. The fraction of sp³-hybridized carbons (Fsp3) is 0. The molecule has 42 valence electrons. The van der Waals surface area contributed by atoms with Crippen molar-refractivity contribution >= 4 is 6.08 Å². The van der Waals surface area contributed by atoms with E-state index < -0.39 is 0 Å². The van der Waals surface area contributed by atoms with Crippen molar-refractivity contribution in [2.45, 2.75) is 0 Å². The number of aromatic hydroxyl groups is 1. The summed E-state index contributed by atoms with van der Waals surface area (Å²) >= 11 is 0. The van der Waals surface area contributed by atoms with Gasteiger partial charge in [-0.3, -0.25) is 0 Å². The van der Waals surface area contributed by atoms with Crippen LogP contribution in [-0.2, 0) is 0 Å². The summed E-state index contributed by atoms with van der Waals surface area (Å²) in [7, 11) is 0. The smallest absolute Gasteiger partial charge is 0.236 e. The van der Waals surface area contributed by atoms with E-state index in [1.807, 2.05) is 0 Å². The van der Waals surface area contributed by atoms with Crippen LogP contribution in [0, 0.1) is 0 Å². The topological polar surface area (TPSA) is 48.9 Å². The van der Waals surface area contributed by atoms with Gasteiger partial charge in [0.25, 0.3) is 0 Å². The zero-order valence-electron chi connectivity index (χ0n) is 4.26. The molecule has 0 atom stereocenters. The molecule has 1 aromatic rings. The van der Waals surface area contributed by atoms with E-state index in [-0.39, 0.29) is 5.88 Å². The van der Waals surface area contributed by atoms with Crippen LogP contribution in [0.1, 0.15) is 5.69 Å². The SMILES string of the molecule is C=Cc1[nH]cnc1O. The van der Waals surface area contributed by atoms with Gasteiger partial charge in [0, 0.05) is 0 Å². The van der Waals surface area contributed by atoms with Gasteiger partial charge in [-0.05, 0) is 6.08 Å². The molecule has 0 radical (unpaired) electrons. The Hall–Kier alpha value is -1.25. The Morgan fingerprint density at radius 3 is 2.88 bits per heavy atom. The first-order valence-corrected chi connectivity index (χ1v) is 2.19. The van der Waals surface area contributed by atoms with Crippen molar-refractivity contribution in [3.8, 4) is 5.88 Å². The molecule has 0 aliphatic rings. The second kappa shape index (κ2) is 1.69. The van der Waals surface area contributed by atoms with E-state index >= 15 is 0 Å². The van der Waals surface area contributed by atoms with Crippen LogP contribution in [0.15, 0.2) is 12.9 Å².